The summed E-state index contributed by atoms with van der Waals surface area (Å²) in [6, 6.07) is 2.52. The number of hydrogen-bond acceptors (Lipinski definition) is 7. The van der Waals surface area contributed by atoms with Crippen molar-refractivity contribution in [1.82, 2.24) is 20.2 Å². The van der Waals surface area contributed by atoms with Gasteiger partial charge >= 0.3 is 0 Å². The second-order valence-corrected chi connectivity index (χ2v) is 9.01. The Labute approximate surface area is 170 Å². The Kier molecular flexibility index (Phi) is 6.08. The summed E-state index contributed by atoms with van der Waals surface area (Å²) >= 11 is 1.70. The van der Waals surface area contributed by atoms with E-state index >= 15 is 0 Å². The number of ether oxygens (including phenoxy) is 1. The number of carbonyl (C=O) groups is 1. The van der Waals surface area contributed by atoms with Gasteiger partial charge in [0.15, 0.2) is 0 Å². The van der Waals surface area contributed by atoms with Crippen molar-refractivity contribution in [3.8, 4) is 0 Å². The zero-order chi connectivity index (χ0) is 19.5. The summed E-state index contributed by atoms with van der Waals surface area (Å²) in [5, 5.41) is 4.30. The second kappa shape index (κ2) is 8.71. The number of piperidine rings is 1. The third-order valence-electron chi connectivity index (χ3n) is 5.84. The number of nitrogens with one attached hydrogen (secondary N) is 1. The van der Waals surface area contributed by atoms with Crippen LogP contribution in [-0.4, -0.2) is 72.8 Å². The quantitative estimate of drug-likeness (QED) is 0.824. The molecule has 0 radical (unpaired) electrons. The number of carbonyl (C=O) groups excluding carboxylic acids is 1. The average Bonchev–Trinajstić information content (AvgIpc) is 3.12. The molecular formula is C20H29N5O2S. The fourth-order valence-corrected chi connectivity index (χ4v) is 4.95. The van der Waals surface area contributed by atoms with E-state index in [0.29, 0.717) is 12.6 Å². The van der Waals surface area contributed by atoms with Gasteiger partial charge in [-0.1, -0.05) is 0 Å². The first-order chi connectivity index (χ1) is 13.6. The van der Waals surface area contributed by atoms with Gasteiger partial charge < -0.3 is 15.0 Å². The van der Waals surface area contributed by atoms with Crippen LogP contribution in [0.2, 0.25) is 0 Å². The number of fused-ring (bicyclic) bond motifs is 1. The van der Waals surface area contributed by atoms with Crippen LogP contribution in [0.4, 0.5) is 5.82 Å². The molecule has 0 spiro atoms. The van der Waals surface area contributed by atoms with Crippen molar-refractivity contribution in [1.29, 1.82) is 0 Å². The number of aromatic nitrogens is 2. The maximum atomic E-state index is 12.6. The maximum Gasteiger partial charge on any atom is 0.223 e. The molecule has 0 saturated carbocycles. The first-order valence-electron chi connectivity index (χ1n) is 10.2. The van der Waals surface area contributed by atoms with Crippen molar-refractivity contribution in [3.63, 3.8) is 0 Å². The first kappa shape index (κ1) is 19.5. The monoisotopic (exact) mass is 403 g/mol. The third kappa shape index (κ3) is 4.29. The summed E-state index contributed by atoms with van der Waals surface area (Å²) in [7, 11) is 0. The largest absolute Gasteiger partial charge is 0.379 e. The van der Waals surface area contributed by atoms with Gasteiger partial charge in [0.2, 0.25) is 5.91 Å². The van der Waals surface area contributed by atoms with Gasteiger partial charge in [-0.3, -0.25) is 9.69 Å². The number of rotatable bonds is 5. The van der Waals surface area contributed by atoms with Crippen molar-refractivity contribution >= 4 is 33.3 Å². The van der Waals surface area contributed by atoms with Gasteiger partial charge in [-0.2, -0.15) is 0 Å². The molecule has 2 aromatic heterocycles. The number of thiophene rings is 1. The van der Waals surface area contributed by atoms with Crippen LogP contribution in [0.1, 0.15) is 24.6 Å². The molecule has 0 aromatic carbocycles. The smallest absolute Gasteiger partial charge is 0.223 e. The molecule has 7 nitrogen and oxygen atoms in total. The summed E-state index contributed by atoms with van der Waals surface area (Å²) in [5.74, 6) is 1.29. The highest BCUT2D eigenvalue weighted by Crippen LogP contribution is 2.31. The van der Waals surface area contributed by atoms with Crippen LogP contribution in [0.5, 0.6) is 0 Å². The lowest BCUT2D eigenvalue weighted by atomic mass is 9.95. The predicted molar refractivity (Wildman–Crippen MR) is 112 cm³/mol. The highest BCUT2D eigenvalue weighted by molar-refractivity contribution is 7.18. The Morgan fingerprint density at radius 3 is 2.79 bits per heavy atom. The lowest BCUT2D eigenvalue weighted by molar-refractivity contribution is -0.125. The predicted octanol–water partition coefficient (Wildman–Crippen LogP) is 2.05. The Morgan fingerprint density at radius 1 is 1.29 bits per heavy atom. The fraction of sp³-hybridized carbons (Fsp3) is 0.650. The molecule has 4 rings (SSSR count). The van der Waals surface area contributed by atoms with Crippen molar-refractivity contribution < 1.29 is 9.53 Å². The van der Waals surface area contributed by atoms with E-state index in [9.17, 15) is 4.79 Å². The van der Waals surface area contributed by atoms with E-state index in [-0.39, 0.29) is 11.8 Å². The summed E-state index contributed by atoms with van der Waals surface area (Å²) in [6.07, 6.45) is 3.39. The molecule has 1 amide bonds. The molecule has 1 N–H and O–H groups in total. The topological polar surface area (TPSA) is 70.6 Å². The maximum absolute atomic E-state index is 12.6. The van der Waals surface area contributed by atoms with Crippen LogP contribution >= 0.6 is 11.3 Å². The van der Waals surface area contributed by atoms with Crippen LogP contribution in [0, 0.1) is 12.8 Å². The Balaban J connectivity index is 1.29. The summed E-state index contributed by atoms with van der Waals surface area (Å²) in [5.41, 5.74) is 0. The zero-order valence-electron chi connectivity index (χ0n) is 16.7. The minimum atomic E-state index is 0.0923. The molecule has 2 aliphatic rings. The second-order valence-electron chi connectivity index (χ2n) is 7.78. The summed E-state index contributed by atoms with van der Waals surface area (Å²) < 4.78 is 5.40. The number of amides is 1. The van der Waals surface area contributed by atoms with Crippen molar-refractivity contribution in [2.45, 2.75) is 32.7 Å². The minimum Gasteiger partial charge on any atom is -0.379 e. The fourth-order valence-electron chi connectivity index (χ4n) is 4.11. The van der Waals surface area contributed by atoms with Crippen LogP contribution in [0.15, 0.2) is 12.4 Å². The van der Waals surface area contributed by atoms with E-state index < -0.39 is 0 Å². The molecule has 1 unspecified atom stereocenters. The zero-order valence-corrected chi connectivity index (χ0v) is 17.5. The van der Waals surface area contributed by atoms with E-state index in [0.717, 1.165) is 68.3 Å². The first-order valence-corrected chi connectivity index (χ1v) is 11.0. The highest BCUT2D eigenvalue weighted by atomic mass is 32.1. The van der Waals surface area contributed by atoms with Crippen molar-refractivity contribution in [2.75, 3.05) is 50.8 Å². The summed E-state index contributed by atoms with van der Waals surface area (Å²) in [4.78, 5) is 28.5. The third-order valence-corrected chi connectivity index (χ3v) is 6.80. The lowest BCUT2D eigenvalue weighted by Crippen LogP contribution is -2.49. The van der Waals surface area contributed by atoms with E-state index in [1.165, 1.54) is 4.88 Å². The Morgan fingerprint density at radius 2 is 2.04 bits per heavy atom. The number of anilines is 1. The molecule has 2 aliphatic heterocycles. The standard InChI is InChI=1S/C20H29N5O2S/c1-14(24-7-9-27-10-8-24)12-21-19(26)16-3-5-25(6-4-16)18-17-11-15(2)28-20(17)23-13-22-18/h11,13-14,16H,3-10,12H2,1-2H3,(H,21,26). The normalized spacial score (nSPS) is 20.4. The molecule has 8 heteroatoms. The van der Waals surface area contributed by atoms with Gasteiger partial charge in [-0.05, 0) is 32.8 Å². The van der Waals surface area contributed by atoms with Gasteiger partial charge in [-0.15, -0.1) is 11.3 Å². The van der Waals surface area contributed by atoms with Crippen molar-refractivity contribution in [2.24, 2.45) is 5.92 Å². The van der Waals surface area contributed by atoms with Gasteiger partial charge in [0.25, 0.3) is 0 Å². The molecule has 2 fully saturated rings. The van der Waals surface area contributed by atoms with E-state index in [4.69, 9.17) is 4.74 Å². The van der Waals surface area contributed by atoms with Crippen LogP contribution in [-0.2, 0) is 9.53 Å². The molecule has 0 aliphatic carbocycles. The number of aryl methyl sites for hydroxylation is 1. The molecular weight excluding hydrogens is 374 g/mol. The van der Waals surface area contributed by atoms with Crippen molar-refractivity contribution in [3.05, 3.63) is 17.3 Å². The molecule has 1 atom stereocenters. The van der Waals surface area contributed by atoms with Gasteiger partial charge in [0.1, 0.15) is 17.0 Å². The molecule has 152 valence electrons. The number of hydrogen-bond donors (Lipinski definition) is 1. The minimum absolute atomic E-state index is 0.0923. The van der Waals surface area contributed by atoms with Gasteiger partial charge in [0, 0.05) is 49.6 Å². The molecule has 2 aromatic rings. The van der Waals surface area contributed by atoms with Crippen LogP contribution < -0.4 is 10.2 Å². The SMILES string of the molecule is Cc1cc2c(N3CCC(C(=O)NCC(C)N4CCOCC4)CC3)ncnc2s1. The van der Waals surface area contributed by atoms with E-state index in [1.807, 2.05) is 0 Å². The average molecular weight is 404 g/mol. The number of morpholine rings is 1. The molecule has 4 heterocycles. The van der Waals surface area contributed by atoms with E-state index in [2.05, 4.69) is 45.0 Å². The number of nitrogens with zero attached hydrogens (tertiary/aromatic N) is 4. The molecule has 0 bridgehead atoms. The van der Waals surface area contributed by atoms with E-state index in [1.54, 1.807) is 17.7 Å². The van der Waals surface area contributed by atoms with Crippen LogP contribution in [0.25, 0.3) is 10.2 Å². The van der Waals surface area contributed by atoms with Gasteiger partial charge in [0.05, 0.1) is 18.6 Å². The Bertz CT molecular complexity index is 812. The highest BCUT2D eigenvalue weighted by Gasteiger charge is 2.27. The van der Waals surface area contributed by atoms with Gasteiger partial charge in [-0.25, -0.2) is 9.97 Å². The lowest BCUT2D eigenvalue weighted by Gasteiger charge is -2.34. The Hall–Kier alpha value is -1.77. The molecule has 2 saturated heterocycles. The van der Waals surface area contributed by atoms with Crippen LogP contribution in [0.3, 0.4) is 0 Å². The molecule has 28 heavy (non-hydrogen) atoms. The summed E-state index contributed by atoms with van der Waals surface area (Å²) in [6.45, 7) is 10.2.